The number of ether oxygens (including phenoxy) is 4. The molecule has 0 fully saturated rings. The summed E-state index contributed by atoms with van der Waals surface area (Å²) in [6.07, 6.45) is 1.23. The van der Waals surface area contributed by atoms with Crippen molar-refractivity contribution in [2.75, 3.05) is 27.4 Å². The van der Waals surface area contributed by atoms with E-state index in [9.17, 15) is 24.3 Å². The van der Waals surface area contributed by atoms with Gasteiger partial charge in [-0.25, -0.2) is 9.59 Å². The van der Waals surface area contributed by atoms with Crippen LogP contribution >= 0.6 is 0 Å². The highest BCUT2D eigenvalue weighted by atomic mass is 16.7. The van der Waals surface area contributed by atoms with Crippen LogP contribution in [-0.2, 0) is 28.5 Å². The van der Waals surface area contributed by atoms with Gasteiger partial charge >= 0.3 is 24.2 Å². The van der Waals surface area contributed by atoms with Gasteiger partial charge in [0.15, 0.2) is 0 Å². The summed E-state index contributed by atoms with van der Waals surface area (Å²) >= 11 is 0. The Morgan fingerprint density at radius 1 is 0.769 bits per heavy atom. The Labute approximate surface area is 151 Å². The number of unbranched alkanes of at least 4 members (excludes halogenated alkanes) is 4. The summed E-state index contributed by atoms with van der Waals surface area (Å²) in [5.74, 6) is -2.13. The molecule has 0 radical (unpaired) electrons. The number of carbonyl (C=O) groups excluding carboxylic acids is 2. The fourth-order valence-electron chi connectivity index (χ4n) is 2.20. The highest BCUT2D eigenvalue weighted by Gasteiger charge is 2.41. The van der Waals surface area contributed by atoms with Crippen molar-refractivity contribution in [3.63, 3.8) is 0 Å². The molecule has 0 heterocycles. The zero-order valence-electron chi connectivity index (χ0n) is 15.0. The molecule has 2 N–H and O–H groups in total. The number of hydrogen-bond donors (Lipinski definition) is 2. The lowest BCUT2D eigenvalue weighted by Gasteiger charge is -2.27. The third-order valence-electron chi connectivity index (χ3n) is 3.77. The molecular weight excluding hydrogens is 352 g/mol. The van der Waals surface area contributed by atoms with Gasteiger partial charge in [-0.05, 0) is 12.8 Å². The number of carbonyl (C=O) groups is 4. The second-order valence-electron chi connectivity index (χ2n) is 5.73. The smallest absolute Gasteiger partial charge is 0.481 e. The summed E-state index contributed by atoms with van der Waals surface area (Å²) in [5, 5.41) is 18.1. The van der Waals surface area contributed by atoms with E-state index in [1.54, 1.807) is 0 Å². The van der Waals surface area contributed by atoms with E-state index in [4.69, 9.17) is 14.6 Å². The van der Waals surface area contributed by atoms with Crippen LogP contribution in [0, 0.1) is 5.41 Å². The van der Waals surface area contributed by atoms with Gasteiger partial charge in [0, 0.05) is 6.42 Å². The third-order valence-corrected chi connectivity index (χ3v) is 3.77. The molecule has 0 saturated heterocycles. The fourth-order valence-corrected chi connectivity index (χ4v) is 2.20. The van der Waals surface area contributed by atoms with E-state index >= 15 is 0 Å². The van der Waals surface area contributed by atoms with E-state index in [2.05, 4.69) is 9.47 Å². The van der Waals surface area contributed by atoms with Crippen LogP contribution in [-0.4, -0.2) is 61.9 Å². The minimum Gasteiger partial charge on any atom is -0.481 e. The van der Waals surface area contributed by atoms with E-state index in [1.807, 2.05) is 0 Å². The van der Waals surface area contributed by atoms with Gasteiger partial charge in [0.1, 0.15) is 18.6 Å². The average Bonchev–Trinajstić information content (AvgIpc) is 2.61. The first kappa shape index (κ1) is 23.5. The molecule has 0 rings (SSSR count). The Morgan fingerprint density at radius 3 is 1.65 bits per heavy atom. The van der Waals surface area contributed by atoms with Crippen molar-refractivity contribution in [1.82, 2.24) is 0 Å². The molecule has 0 bridgehead atoms. The topological polar surface area (TPSA) is 146 Å². The van der Waals surface area contributed by atoms with Gasteiger partial charge in [0.05, 0.1) is 14.2 Å². The molecule has 0 aromatic rings. The maximum absolute atomic E-state index is 11.7. The average molecular weight is 378 g/mol. The number of rotatable bonds is 13. The number of carboxylic acids is 2. The SMILES string of the molecule is COC(=O)OCC(CCCCCCCC(=O)O)(COC(=O)OC)C(=O)O. The van der Waals surface area contributed by atoms with Gasteiger partial charge in [-0.1, -0.05) is 25.7 Å². The van der Waals surface area contributed by atoms with Gasteiger partial charge in [-0.15, -0.1) is 0 Å². The van der Waals surface area contributed by atoms with Crippen LogP contribution in [0.3, 0.4) is 0 Å². The Balaban J connectivity index is 4.66. The Morgan fingerprint density at radius 2 is 1.23 bits per heavy atom. The van der Waals surface area contributed by atoms with Gasteiger partial charge in [-0.3, -0.25) is 9.59 Å². The highest BCUT2D eigenvalue weighted by molar-refractivity contribution is 5.76. The monoisotopic (exact) mass is 378 g/mol. The molecule has 0 aromatic carbocycles. The van der Waals surface area contributed by atoms with Crippen LogP contribution in [0.25, 0.3) is 0 Å². The fraction of sp³-hybridized carbons (Fsp3) is 0.750. The maximum atomic E-state index is 11.7. The second-order valence-corrected chi connectivity index (χ2v) is 5.73. The number of hydrogen-bond acceptors (Lipinski definition) is 8. The lowest BCUT2D eigenvalue weighted by atomic mass is 9.84. The Kier molecular flexibility index (Phi) is 11.5. The van der Waals surface area contributed by atoms with Gasteiger partial charge in [0.25, 0.3) is 0 Å². The lowest BCUT2D eigenvalue weighted by Crippen LogP contribution is -2.41. The van der Waals surface area contributed by atoms with E-state index in [-0.39, 0.29) is 12.8 Å². The molecule has 150 valence electrons. The molecule has 0 aromatic heterocycles. The molecule has 26 heavy (non-hydrogen) atoms. The molecule has 0 atom stereocenters. The Hall–Kier alpha value is -2.52. The third kappa shape index (κ3) is 9.70. The quantitative estimate of drug-likeness (QED) is 0.362. The van der Waals surface area contributed by atoms with E-state index in [0.29, 0.717) is 25.7 Å². The molecule has 0 spiro atoms. The van der Waals surface area contributed by atoms with Crippen molar-refractivity contribution in [1.29, 1.82) is 0 Å². The zero-order chi connectivity index (χ0) is 20.0. The van der Waals surface area contributed by atoms with Crippen molar-refractivity contribution < 1.29 is 48.3 Å². The Bertz CT molecular complexity index is 454. The van der Waals surface area contributed by atoms with Crippen molar-refractivity contribution in [3.05, 3.63) is 0 Å². The molecule has 10 nitrogen and oxygen atoms in total. The largest absolute Gasteiger partial charge is 0.508 e. The minimum atomic E-state index is -1.62. The molecule has 10 heteroatoms. The number of aliphatic carboxylic acids is 2. The molecule has 0 aliphatic heterocycles. The summed E-state index contributed by atoms with van der Waals surface area (Å²) in [5.41, 5.74) is -1.62. The number of methoxy groups -OCH3 is 2. The van der Waals surface area contributed by atoms with Gasteiger partial charge < -0.3 is 29.2 Å². The maximum Gasteiger partial charge on any atom is 0.508 e. The second kappa shape index (κ2) is 12.8. The summed E-state index contributed by atoms with van der Waals surface area (Å²) in [7, 11) is 2.18. The summed E-state index contributed by atoms with van der Waals surface area (Å²) in [6, 6.07) is 0. The van der Waals surface area contributed by atoms with E-state index < -0.39 is 42.9 Å². The molecule has 0 aliphatic rings. The van der Waals surface area contributed by atoms with Crippen LogP contribution < -0.4 is 0 Å². The van der Waals surface area contributed by atoms with Crippen LogP contribution in [0.1, 0.15) is 44.9 Å². The highest BCUT2D eigenvalue weighted by Crippen LogP contribution is 2.28. The van der Waals surface area contributed by atoms with Crippen LogP contribution in [0.5, 0.6) is 0 Å². The van der Waals surface area contributed by atoms with Gasteiger partial charge in [-0.2, -0.15) is 0 Å². The molecule has 0 saturated carbocycles. The van der Waals surface area contributed by atoms with Crippen molar-refractivity contribution in [2.24, 2.45) is 5.41 Å². The van der Waals surface area contributed by atoms with Crippen molar-refractivity contribution >= 4 is 24.2 Å². The van der Waals surface area contributed by atoms with Crippen LogP contribution in [0.15, 0.2) is 0 Å². The van der Waals surface area contributed by atoms with Crippen molar-refractivity contribution in [2.45, 2.75) is 44.9 Å². The van der Waals surface area contributed by atoms with Gasteiger partial charge in [0.2, 0.25) is 0 Å². The molecular formula is C16H26O10. The lowest BCUT2D eigenvalue weighted by molar-refractivity contribution is -0.156. The zero-order valence-corrected chi connectivity index (χ0v) is 15.0. The predicted molar refractivity (Wildman–Crippen MR) is 86.7 cm³/mol. The first-order valence-electron chi connectivity index (χ1n) is 8.14. The summed E-state index contributed by atoms with van der Waals surface area (Å²) in [4.78, 5) is 44.5. The first-order valence-corrected chi connectivity index (χ1v) is 8.14. The molecule has 0 unspecified atom stereocenters. The van der Waals surface area contributed by atoms with Crippen LogP contribution in [0.2, 0.25) is 0 Å². The van der Waals surface area contributed by atoms with Crippen LogP contribution in [0.4, 0.5) is 9.59 Å². The van der Waals surface area contributed by atoms with Crippen molar-refractivity contribution in [3.8, 4) is 0 Å². The minimum absolute atomic E-state index is 0.0925. The molecule has 0 aliphatic carbocycles. The van der Waals surface area contributed by atoms with E-state index in [1.165, 1.54) is 0 Å². The first-order chi connectivity index (χ1) is 12.3. The predicted octanol–water partition coefficient (Wildman–Crippen LogP) is 2.44. The number of carboxylic acid groups (broad SMARTS) is 2. The molecule has 0 amide bonds. The summed E-state index contributed by atoms with van der Waals surface area (Å²) in [6.45, 7) is -1.05. The van der Waals surface area contributed by atoms with E-state index in [0.717, 1.165) is 20.6 Å². The standard InChI is InChI=1S/C16H26O10/c1-23-14(21)25-10-16(13(19)20,11-26-15(22)24-2)9-7-5-3-4-6-8-12(17)18/h3-11H2,1-2H3,(H,17,18)(H,19,20). The normalized spacial score (nSPS) is 10.7. The summed E-state index contributed by atoms with van der Waals surface area (Å²) < 4.78 is 18.2.